The number of hydrogen-bond donors (Lipinski definition) is 1. The highest BCUT2D eigenvalue weighted by Gasteiger charge is 2.29. The molecule has 0 bridgehead atoms. The van der Waals surface area contributed by atoms with Crippen molar-refractivity contribution >= 4 is 0 Å². The van der Waals surface area contributed by atoms with Crippen molar-refractivity contribution in [1.29, 1.82) is 0 Å². The highest BCUT2D eigenvalue weighted by atomic mass is 16.5. The van der Waals surface area contributed by atoms with Crippen molar-refractivity contribution in [2.24, 2.45) is 11.8 Å². The summed E-state index contributed by atoms with van der Waals surface area (Å²) in [5.41, 5.74) is 1.32. The third-order valence-corrected chi connectivity index (χ3v) is 5.16. The summed E-state index contributed by atoms with van der Waals surface area (Å²) in [6, 6.07) is 11.0. The first-order valence-corrected chi connectivity index (χ1v) is 8.53. The van der Waals surface area contributed by atoms with E-state index in [2.05, 4.69) is 56.4 Å². The molecule has 5 unspecified atom stereocenters. The van der Waals surface area contributed by atoms with Gasteiger partial charge in [-0.15, -0.1) is 0 Å². The van der Waals surface area contributed by atoms with Crippen LogP contribution in [0.2, 0.25) is 0 Å². The number of benzene rings is 1. The molecule has 1 fully saturated rings. The van der Waals surface area contributed by atoms with Crippen LogP contribution < -0.4 is 5.32 Å². The van der Waals surface area contributed by atoms with Gasteiger partial charge in [0, 0.05) is 0 Å². The highest BCUT2D eigenvalue weighted by molar-refractivity contribution is 5.20. The van der Waals surface area contributed by atoms with Gasteiger partial charge in [-0.3, -0.25) is 0 Å². The van der Waals surface area contributed by atoms with Crippen LogP contribution in [0.15, 0.2) is 30.3 Å². The van der Waals surface area contributed by atoms with Crippen molar-refractivity contribution in [2.75, 3.05) is 7.05 Å². The lowest BCUT2D eigenvalue weighted by Gasteiger charge is -2.36. The summed E-state index contributed by atoms with van der Waals surface area (Å²) in [7, 11) is 2.04. The predicted octanol–water partition coefficient (Wildman–Crippen LogP) is 4.57. The Morgan fingerprint density at radius 3 is 2.43 bits per heavy atom. The maximum Gasteiger partial charge on any atom is 0.0770 e. The second-order valence-electron chi connectivity index (χ2n) is 6.65. The molecular formula is C19H31NO. The lowest BCUT2D eigenvalue weighted by molar-refractivity contribution is -0.0628. The fraction of sp³-hybridized carbons (Fsp3) is 0.684. The summed E-state index contributed by atoms with van der Waals surface area (Å²) < 4.78 is 6.50. The lowest BCUT2D eigenvalue weighted by atomic mass is 9.80. The van der Waals surface area contributed by atoms with Crippen molar-refractivity contribution in [3.63, 3.8) is 0 Å². The van der Waals surface area contributed by atoms with Crippen LogP contribution in [0.3, 0.4) is 0 Å². The van der Waals surface area contributed by atoms with E-state index < -0.39 is 0 Å². The monoisotopic (exact) mass is 289 g/mol. The normalized spacial score (nSPS) is 29.0. The van der Waals surface area contributed by atoms with Gasteiger partial charge in [0.15, 0.2) is 0 Å². The van der Waals surface area contributed by atoms with Crippen molar-refractivity contribution < 1.29 is 4.74 Å². The van der Waals surface area contributed by atoms with Crippen LogP contribution in [-0.2, 0) is 4.74 Å². The van der Waals surface area contributed by atoms with Gasteiger partial charge in [0.1, 0.15) is 0 Å². The minimum Gasteiger partial charge on any atom is -0.373 e. The van der Waals surface area contributed by atoms with E-state index in [9.17, 15) is 0 Å². The molecule has 0 heterocycles. The summed E-state index contributed by atoms with van der Waals surface area (Å²) in [6.07, 6.45) is 5.46. The Morgan fingerprint density at radius 2 is 1.86 bits per heavy atom. The largest absolute Gasteiger partial charge is 0.373 e. The number of ether oxygens (including phenoxy) is 1. The van der Waals surface area contributed by atoms with E-state index in [0.29, 0.717) is 6.10 Å². The molecule has 118 valence electrons. The molecule has 1 N–H and O–H groups in total. The molecule has 1 aliphatic carbocycles. The Morgan fingerprint density at radius 1 is 1.14 bits per heavy atom. The Kier molecular flexibility index (Phi) is 6.25. The van der Waals surface area contributed by atoms with Crippen molar-refractivity contribution in [3.8, 4) is 0 Å². The quantitative estimate of drug-likeness (QED) is 0.828. The average Bonchev–Trinajstić information content (AvgIpc) is 2.51. The van der Waals surface area contributed by atoms with Crippen LogP contribution >= 0.6 is 0 Å². The topological polar surface area (TPSA) is 21.3 Å². The smallest absolute Gasteiger partial charge is 0.0770 e. The van der Waals surface area contributed by atoms with Crippen LogP contribution in [0.5, 0.6) is 0 Å². The van der Waals surface area contributed by atoms with E-state index in [4.69, 9.17) is 4.74 Å². The molecule has 1 aromatic rings. The first-order chi connectivity index (χ1) is 10.2. The summed E-state index contributed by atoms with van der Waals surface area (Å²) in [4.78, 5) is 0. The molecule has 1 aromatic carbocycles. The first kappa shape index (κ1) is 16.5. The number of rotatable bonds is 6. The predicted molar refractivity (Wildman–Crippen MR) is 89.4 cm³/mol. The van der Waals surface area contributed by atoms with Crippen molar-refractivity contribution in [3.05, 3.63) is 35.9 Å². The first-order valence-electron chi connectivity index (χ1n) is 8.53. The van der Waals surface area contributed by atoms with E-state index in [1.807, 2.05) is 7.05 Å². The average molecular weight is 289 g/mol. The summed E-state index contributed by atoms with van der Waals surface area (Å²) in [5, 5.41) is 3.45. The van der Waals surface area contributed by atoms with E-state index in [-0.39, 0.29) is 12.1 Å². The Hall–Kier alpha value is -0.860. The fourth-order valence-corrected chi connectivity index (χ4v) is 3.51. The third kappa shape index (κ3) is 4.31. The van der Waals surface area contributed by atoms with Gasteiger partial charge in [0.05, 0.1) is 18.2 Å². The zero-order valence-corrected chi connectivity index (χ0v) is 14.0. The fourth-order valence-electron chi connectivity index (χ4n) is 3.51. The second-order valence-corrected chi connectivity index (χ2v) is 6.65. The standard InChI is InChI=1S/C19H31NO/c1-5-18(19(20-4)16-9-7-6-8-10-16)21-17-12-11-14(2)15(3)13-17/h6-10,14-15,17-20H,5,11-13H2,1-4H3. The van der Waals surface area contributed by atoms with Crippen LogP contribution in [0.1, 0.15) is 58.1 Å². The van der Waals surface area contributed by atoms with Gasteiger partial charge in [-0.1, -0.05) is 51.1 Å². The van der Waals surface area contributed by atoms with Crippen molar-refractivity contribution in [2.45, 2.75) is 64.7 Å². The van der Waals surface area contributed by atoms with Crippen LogP contribution in [-0.4, -0.2) is 19.3 Å². The molecular weight excluding hydrogens is 258 g/mol. The zero-order chi connectivity index (χ0) is 15.2. The number of likely N-dealkylation sites (N-methyl/N-ethyl adjacent to an activating group) is 1. The van der Waals surface area contributed by atoms with Crippen LogP contribution in [0.4, 0.5) is 0 Å². The van der Waals surface area contributed by atoms with Gasteiger partial charge in [-0.2, -0.15) is 0 Å². The third-order valence-electron chi connectivity index (χ3n) is 5.16. The van der Waals surface area contributed by atoms with E-state index in [0.717, 1.165) is 18.3 Å². The Bertz CT molecular complexity index is 405. The van der Waals surface area contributed by atoms with Gasteiger partial charge < -0.3 is 10.1 Å². The zero-order valence-electron chi connectivity index (χ0n) is 14.0. The molecule has 0 saturated heterocycles. The van der Waals surface area contributed by atoms with Crippen molar-refractivity contribution in [1.82, 2.24) is 5.32 Å². The molecule has 1 aliphatic rings. The molecule has 1 saturated carbocycles. The van der Waals surface area contributed by atoms with Gasteiger partial charge in [-0.25, -0.2) is 0 Å². The second kappa shape index (κ2) is 7.95. The SMILES string of the molecule is CCC(OC1CCC(C)C(C)C1)C(NC)c1ccccc1. The van der Waals surface area contributed by atoms with E-state index in [1.165, 1.54) is 24.8 Å². The Balaban J connectivity index is 2.01. The highest BCUT2D eigenvalue weighted by Crippen LogP contribution is 2.33. The van der Waals surface area contributed by atoms with Crippen LogP contribution in [0.25, 0.3) is 0 Å². The van der Waals surface area contributed by atoms with E-state index >= 15 is 0 Å². The number of hydrogen-bond acceptors (Lipinski definition) is 2. The molecule has 0 aliphatic heterocycles. The van der Waals surface area contributed by atoms with Gasteiger partial charge in [0.2, 0.25) is 0 Å². The minimum absolute atomic E-state index is 0.253. The lowest BCUT2D eigenvalue weighted by Crippen LogP contribution is -2.37. The molecule has 0 radical (unpaired) electrons. The van der Waals surface area contributed by atoms with E-state index in [1.54, 1.807) is 0 Å². The maximum atomic E-state index is 6.50. The molecule has 2 nitrogen and oxygen atoms in total. The summed E-state index contributed by atoms with van der Waals surface area (Å²) in [5.74, 6) is 1.63. The number of nitrogens with one attached hydrogen (secondary N) is 1. The molecule has 0 aromatic heterocycles. The molecule has 0 spiro atoms. The van der Waals surface area contributed by atoms with Gasteiger partial charge in [-0.05, 0) is 50.1 Å². The molecule has 2 heteroatoms. The molecule has 21 heavy (non-hydrogen) atoms. The van der Waals surface area contributed by atoms with Crippen LogP contribution in [0, 0.1) is 11.8 Å². The van der Waals surface area contributed by atoms with Gasteiger partial charge >= 0.3 is 0 Å². The minimum atomic E-state index is 0.253. The maximum absolute atomic E-state index is 6.50. The Labute approximate surface area is 130 Å². The molecule has 2 rings (SSSR count). The molecule has 5 atom stereocenters. The summed E-state index contributed by atoms with van der Waals surface area (Å²) in [6.45, 7) is 6.97. The summed E-state index contributed by atoms with van der Waals surface area (Å²) >= 11 is 0. The molecule has 0 amide bonds. The van der Waals surface area contributed by atoms with Gasteiger partial charge in [0.25, 0.3) is 0 Å².